The lowest BCUT2D eigenvalue weighted by Gasteiger charge is -2.18. The predicted molar refractivity (Wildman–Crippen MR) is 84.4 cm³/mol. The number of rotatable bonds is 4. The van der Waals surface area contributed by atoms with Crippen LogP contribution in [0.1, 0.15) is 21.9 Å². The Morgan fingerprint density at radius 2 is 2.13 bits per heavy atom. The third-order valence-corrected chi connectivity index (χ3v) is 3.70. The molecule has 0 aliphatic carbocycles. The summed E-state index contributed by atoms with van der Waals surface area (Å²) < 4.78 is 10.4. The second kappa shape index (κ2) is 6.16. The molecule has 1 aromatic heterocycles. The van der Waals surface area contributed by atoms with E-state index < -0.39 is 0 Å². The van der Waals surface area contributed by atoms with Crippen molar-refractivity contribution in [3.05, 3.63) is 53.5 Å². The molecule has 6 nitrogen and oxygen atoms in total. The molecule has 0 saturated carbocycles. The summed E-state index contributed by atoms with van der Waals surface area (Å²) in [5, 5.41) is 0. The van der Waals surface area contributed by atoms with Gasteiger partial charge >= 0.3 is 6.09 Å². The van der Waals surface area contributed by atoms with E-state index in [0.29, 0.717) is 30.9 Å². The number of furan rings is 1. The predicted octanol–water partition coefficient (Wildman–Crippen LogP) is 2.82. The molecule has 0 N–H and O–H groups in total. The number of carbonyl (C=O) groups excluding carboxylic acids is 2. The number of nitrogens with zero attached hydrogens (tertiary/aromatic N) is 2. The number of hydrogen-bond donors (Lipinski definition) is 0. The van der Waals surface area contributed by atoms with Crippen molar-refractivity contribution in [3.63, 3.8) is 0 Å². The van der Waals surface area contributed by atoms with Gasteiger partial charge in [0.2, 0.25) is 0 Å². The lowest BCUT2D eigenvalue weighted by atomic mass is 10.1. The molecule has 3 rings (SSSR count). The van der Waals surface area contributed by atoms with Gasteiger partial charge in [0, 0.05) is 18.3 Å². The summed E-state index contributed by atoms with van der Waals surface area (Å²) in [6.45, 7) is 3.12. The van der Waals surface area contributed by atoms with E-state index in [1.54, 1.807) is 36.2 Å². The first-order valence-corrected chi connectivity index (χ1v) is 7.40. The van der Waals surface area contributed by atoms with Crippen LogP contribution in [0.2, 0.25) is 0 Å². The quantitative estimate of drug-likeness (QED) is 0.870. The average Bonchev–Trinajstić information content (AvgIpc) is 3.15. The number of benzene rings is 1. The first-order chi connectivity index (χ1) is 11.0. The number of amides is 2. The maximum absolute atomic E-state index is 12.6. The maximum Gasteiger partial charge on any atom is 0.414 e. The summed E-state index contributed by atoms with van der Waals surface area (Å²) in [6, 6.07) is 10.7. The van der Waals surface area contributed by atoms with Crippen LogP contribution < -0.4 is 4.90 Å². The van der Waals surface area contributed by atoms with Gasteiger partial charge in [-0.15, -0.1) is 0 Å². The molecular formula is C17H18N2O4. The minimum absolute atomic E-state index is 0.131. The van der Waals surface area contributed by atoms with Gasteiger partial charge in [0.05, 0.1) is 13.1 Å². The molecule has 2 amide bonds. The van der Waals surface area contributed by atoms with Gasteiger partial charge in [-0.1, -0.05) is 6.07 Å². The summed E-state index contributed by atoms with van der Waals surface area (Å²) in [6.07, 6.45) is -0.381. The van der Waals surface area contributed by atoms with Crippen molar-refractivity contribution in [2.24, 2.45) is 0 Å². The van der Waals surface area contributed by atoms with E-state index in [0.717, 1.165) is 11.5 Å². The lowest BCUT2D eigenvalue weighted by Crippen LogP contribution is -2.27. The van der Waals surface area contributed by atoms with Crippen LogP contribution >= 0.6 is 0 Å². The molecule has 23 heavy (non-hydrogen) atoms. The molecule has 1 aliphatic heterocycles. The van der Waals surface area contributed by atoms with E-state index in [1.165, 1.54) is 4.90 Å². The van der Waals surface area contributed by atoms with Crippen LogP contribution in [0.25, 0.3) is 0 Å². The fourth-order valence-corrected chi connectivity index (χ4v) is 2.53. The van der Waals surface area contributed by atoms with E-state index in [-0.39, 0.29) is 12.0 Å². The van der Waals surface area contributed by atoms with Gasteiger partial charge in [0.25, 0.3) is 5.91 Å². The van der Waals surface area contributed by atoms with Crippen molar-refractivity contribution in [2.75, 3.05) is 25.1 Å². The Kier molecular flexibility index (Phi) is 4.06. The minimum atomic E-state index is -0.381. The second-order valence-electron chi connectivity index (χ2n) is 5.49. The summed E-state index contributed by atoms with van der Waals surface area (Å²) in [7, 11) is 1.72. The Bertz CT molecular complexity index is 738. The van der Waals surface area contributed by atoms with Crippen molar-refractivity contribution in [1.82, 2.24) is 4.90 Å². The van der Waals surface area contributed by atoms with Gasteiger partial charge in [-0.05, 0) is 37.3 Å². The van der Waals surface area contributed by atoms with Crippen LogP contribution in [0.4, 0.5) is 10.5 Å². The molecule has 0 bridgehead atoms. The standard InChI is InChI=1S/C17H18N2O4/c1-12-6-7-15(23-12)11-18(2)16(20)13-4-3-5-14(10-13)19-8-9-22-17(19)21/h3-7,10H,8-9,11H2,1-2H3. The van der Waals surface area contributed by atoms with E-state index in [1.807, 2.05) is 19.1 Å². The Balaban J connectivity index is 1.75. The minimum Gasteiger partial charge on any atom is -0.464 e. The molecule has 0 unspecified atom stereocenters. The third-order valence-electron chi connectivity index (χ3n) is 3.70. The SMILES string of the molecule is Cc1ccc(CN(C)C(=O)c2cccc(N3CCOC3=O)c2)o1. The zero-order chi connectivity index (χ0) is 16.4. The number of hydrogen-bond acceptors (Lipinski definition) is 4. The Morgan fingerprint density at radius 3 is 2.78 bits per heavy atom. The Morgan fingerprint density at radius 1 is 1.30 bits per heavy atom. The van der Waals surface area contributed by atoms with E-state index in [4.69, 9.17) is 9.15 Å². The van der Waals surface area contributed by atoms with E-state index in [2.05, 4.69) is 0 Å². The fraction of sp³-hybridized carbons (Fsp3) is 0.294. The highest BCUT2D eigenvalue weighted by molar-refractivity contribution is 5.97. The molecule has 1 aliphatic rings. The van der Waals surface area contributed by atoms with Gasteiger partial charge in [0.1, 0.15) is 18.1 Å². The molecule has 1 fully saturated rings. The fourth-order valence-electron chi connectivity index (χ4n) is 2.53. The van der Waals surface area contributed by atoms with Gasteiger partial charge in [-0.2, -0.15) is 0 Å². The number of aryl methyl sites for hydroxylation is 1. The largest absolute Gasteiger partial charge is 0.464 e. The van der Waals surface area contributed by atoms with Crippen molar-refractivity contribution >= 4 is 17.7 Å². The third kappa shape index (κ3) is 3.21. The van der Waals surface area contributed by atoms with Crippen LogP contribution in [-0.4, -0.2) is 37.1 Å². The average molecular weight is 314 g/mol. The molecule has 0 spiro atoms. The van der Waals surface area contributed by atoms with Crippen LogP contribution in [0, 0.1) is 6.92 Å². The summed E-state index contributed by atoms with van der Waals surface area (Å²) in [5.74, 6) is 1.42. The molecule has 2 heterocycles. The van der Waals surface area contributed by atoms with Gasteiger partial charge in [-0.3, -0.25) is 9.69 Å². The lowest BCUT2D eigenvalue weighted by molar-refractivity contribution is 0.0775. The number of carbonyl (C=O) groups is 2. The van der Waals surface area contributed by atoms with Crippen molar-refractivity contribution in [2.45, 2.75) is 13.5 Å². The number of anilines is 1. The number of cyclic esters (lactones) is 1. The first-order valence-electron chi connectivity index (χ1n) is 7.40. The smallest absolute Gasteiger partial charge is 0.414 e. The topological polar surface area (TPSA) is 63.0 Å². The van der Waals surface area contributed by atoms with Gasteiger partial charge < -0.3 is 14.1 Å². The first kappa shape index (κ1) is 15.1. The van der Waals surface area contributed by atoms with Crippen molar-refractivity contribution < 1.29 is 18.7 Å². The van der Waals surface area contributed by atoms with Crippen LogP contribution in [0.3, 0.4) is 0 Å². The van der Waals surface area contributed by atoms with Crippen molar-refractivity contribution in [1.29, 1.82) is 0 Å². The monoisotopic (exact) mass is 314 g/mol. The highest BCUT2D eigenvalue weighted by atomic mass is 16.6. The van der Waals surface area contributed by atoms with E-state index >= 15 is 0 Å². The summed E-state index contributed by atoms with van der Waals surface area (Å²) in [4.78, 5) is 27.3. The summed E-state index contributed by atoms with van der Waals surface area (Å²) in [5.41, 5.74) is 1.19. The molecule has 1 aromatic carbocycles. The zero-order valence-corrected chi connectivity index (χ0v) is 13.1. The zero-order valence-electron chi connectivity index (χ0n) is 13.1. The molecule has 120 valence electrons. The van der Waals surface area contributed by atoms with Gasteiger partial charge in [-0.25, -0.2) is 4.79 Å². The van der Waals surface area contributed by atoms with E-state index in [9.17, 15) is 9.59 Å². The molecule has 0 atom stereocenters. The highest BCUT2D eigenvalue weighted by Gasteiger charge is 2.24. The Hall–Kier alpha value is -2.76. The normalized spacial score (nSPS) is 14.0. The second-order valence-corrected chi connectivity index (χ2v) is 5.49. The molecule has 2 aromatic rings. The maximum atomic E-state index is 12.6. The van der Waals surface area contributed by atoms with Crippen LogP contribution in [0.15, 0.2) is 40.8 Å². The van der Waals surface area contributed by atoms with Crippen molar-refractivity contribution in [3.8, 4) is 0 Å². The van der Waals surface area contributed by atoms with Gasteiger partial charge in [0.15, 0.2) is 0 Å². The highest BCUT2D eigenvalue weighted by Crippen LogP contribution is 2.21. The molecule has 6 heteroatoms. The molecule has 1 saturated heterocycles. The molecule has 0 radical (unpaired) electrons. The summed E-state index contributed by atoms with van der Waals surface area (Å²) >= 11 is 0. The molecular weight excluding hydrogens is 296 g/mol. The van der Waals surface area contributed by atoms with Crippen LogP contribution in [-0.2, 0) is 11.3 Å². The van der Waals surface area contributed by atoms with Crippen LogP contribution in [0.5, 0.6) is 0 Å². The number of ether oxygens (including phenoxy) is 1. The Labute approximate surface area is 134 Å².